The second-order valence-corrected chi connectivity index (χ2v) is 11.9. The van der Waals surface area contributed by atoms with Gasteiger partial charge in [-0.2, -0.15) is 0 Å². The predicted molar refractivity (Wildman–Crippen MR) is 85.8 cm³/mol. The van der Waals surface area contributed by atoms with E-state index in [1.807, 2.05) is 5.57 Å². The average Bonchev–Trinajstić information content (AvgIpc) is 3.10. The first kappa shape index (κ1) is 18.5. The molecule has 1 aromatic carbocycles. The molecule has 0 radical (unpaired) electrons. The Morgan fingerprint density at radius 1 is 1.09 bits per heavy atom. The van der Waals surface area contributed by atoms with E-state index in [0.717, 1.165) is 7.35 Å². The van der Waals surface area contributed by atoms with Crippen LogP contribution in [0.4, 0.5) is 0 Å². The Labute approximate surface area is 148 Å². The molecule has 0 amide bonds. The summed E-state index contributed by atoms with van der Waals surface area (Å²) in [5.74, 6) is 0. The molecule has 2 atom stereocenters. The maximum atomic E-state index is 2.59. The Morgan fingerprint density at radius 2 is 1.87 bits per heavy atom. The molecule has 3 aliphatic rings. The molecule has 2 unspecified atom stereocenters. The fourth-order valence-corrected chi connectivity index (χ4v) is 11.4. The summed E-state index contributed by atoms with van der Waals surface area (Å²) < 4.78 is 1.74. The molecule has 0 bridgehead atoms. The fraction of sp³-hybridized carbons (Fsp3) is 0.400. The van der Waals surface area contributed by atoms with Gasteiger partial charge in [0.1, 0.15) is 0 Å². The molecule has 23 heavy (non-hydrogen) atoms. The summed E-state index contributed by atoms with van der Waals surface area (Å²) >= 11 is -0.768. The molecule has 120 valence electrons. The summed E-state index contributed by atoms with van der Waals surface area (Å²) in [6.07, 6.45) is 14.3. The Kier molecular flexibility index (Phi) is 6.30. The number of hydrogen-bond donors (Lipinski definition) is 0. The number of rotatable bonds is 3. The van der Waals surface area contributed by atoms with Crippen molar-refractivity contribution in [2.45, 2.75) is 46.4 Å². The molecule has 0 nitrogen and oxygen atoms in total. The largest absolute Gasteiger partial charge is 1.00 e. The van der Waals surface area contributed by atoms with Crippen molar-refractivity contribution in [3.05, 3.63) is 64.3 Å². The third-order valence-corrected chi connectivity index (χ3v) is 12.1. The zero-order valence-corrected chi connectivity index (χ0v) is 17.1. The van der Waals surface area contributed by atoms with Gasteiger partial charge in [0.05, 0.1) is 0 Å². The van der Waals surface area contributed by atoms with Gasteiger partial charge in [-0.05, 0) is 0 Å². The van der Waals surface area contributed by atoms with Crippen LogP contribution >= 0.6 is 0 Å². The first-order valence-corrected chi connectivity index (χ1v) is 12.5. The first-order chi connectivity index (χ1) is 10.4. The third kappa shape index (κ3) is 3.35. The Balaban J connectivity index is 0.000000960. The summed E-state index contributed by atoms with van der Waals surface area (Å²) in [6.45, 7) is 2.36. The van der Waals surface area contributed by atoms with Crippen molar-refractivity contribution >= 4 is 6.08 Å². The SMILES string of the molecule is CCC1=CC2=C(CCCC2)[CH]1[Hf+2][CH]1C=Cc2ccccc21.[F-].[F-]. The van der Waals surface area contributed by atoms with Crippen molar-refractivity contribution < 1.29 is 32.3 Å². The summed E-state index contributed by atoms with van der Waals surface area (Å²) in [5.41, 5.74) is 8.50. The van der Waals surface area contributed by atoms with Crippen molar-refractivity contribution in [2.75, 3.05) is 0 Å². The topological polar surface area (TPSA) is 0 Å². The van der Waals surface area contributed by atoms with Crippen LogP contribution in [0.25, 0.3) is 6.08 Å². The van der Waals surface area contributed by atoms with E-state index >= 15 is 0 Å². The van der Waals surface area contributed by atoms with Crippen molar-refractivity contribution in [3.63, 3.8) is 0 Å². The van der Waals surface area contributed by atoms with Gasteiger partial charge in [0.15, 0.2) is 0 Å². The van der Waals surface area contributed by atoms with E-state index in [-0.39, 0.29) is 9.41 Å². The van der Waals surface area contributed by atoms with Crippen LogP contribution in [-0.2, 0) is 22.9 Å². The number of benzene rings is 1. The van der Waals surface area contributed by atoms with Crippen LogP contribution in [0, 0.1) is 0 Å². The zero-order valence-electron chi connectivity index (χ0n) is 13.5. The Morgan fingerprint density at radius 3 is 2.70 bits per heavy atom. The molecule has 4 rings (SSSR count). The third-order valence-electron chi connectivity index (χ3n) is 5.19. The first-order valence-electron chi connectivity index (χ1n) is 8.32. The van der Waals surface area contributed by atoms with Crippen LogP contribution in [0.1, 0.15) is 53.8 Å². The molecule has 0 aromatic heterocycles. The molecule has 3 heteroatoms. The normalized spacial score (nSPS) is 24.1. The van der Waals surface area contributed by atoms with Crippen LogP contribution in [0.3, 0.4) is 0 Å². The van der Waals surface area contributed by atoms with E-state index in [0.29, 0.717) is 0 Å². The summed E-state index contributed by atoms with van der Waals surface area (Å²) in [5, 5.41) is 0. The van der Waals surface area contributed by atoms with E-state index in [9.17, 15) is 0 Å². The van der Waals surface area contributed by atoms with E-state index in [1.54, 1.807) is 16.7 Å². The van der Waals surface area contributed by atoms with E-state index in [1.165, 1.54) is 37.7 Å². The molecule has 0 saturated heterocycles. The van der Waals surface area contributed by atoms with Gasteiger partial charge in [0.25, 0.3) is 0 Å². The van der Waals surface area contributed by atoms with Crippen molar-refractivity contribution in [2.24, 2.45) is 0 Å². The van der Waals surface area contributed by atoms with Crippen LogP contribution in [0.2, 0.25) is 3.67 Å². The number of allylic oxidation sites excluding steroid dienone is 5. The fourth-order valence-electron chi connectivity index (χ4n) is 4.07. The van der Waals surface area contributed by atoms with E-state index in [4.69, 9.17) is 0 Å². The smallest absolute Gasteiger partial charge is 1.00 e. The van der Waals surface area contributed by atoms with Gasteiger partial charge in [-0.1, -0.05) is 0 Å². The molecule has 0 aliphatic heterocycles. The van der Waals surface area contributed by atoms with Crippen LogP contribution in [0.5, 0.6) is 0 Å². The molecule has 0 saturated carbocycles. The van der Waals surface area contributed by atoms with Gasteiger partial charge in [-0.15, -0.1) is 0 Å². The van der Waals surface area contributed by atoms with Crippen molar-refractivity contribution in [1.82, 2.24) is 0 Å². The number of halogens is 2. The van der Waals surface area contributed by atoms with Gasteiger partial charge in [0, 0.05) is 0 Å². The van der Waals surface area contributed by atoms with Crippen LogP contribution < -0.4 is 9.41 Å². The molecule has 0 spiro atoms. The standard InChI is InChI=1S/C11H15.C9H7.2FH.Hf/c1-2-9-7-10-5-3-4-6-11(10)8-9;1-2-5-9-7-3-6-8(9)4-1;;;/h7-8H,2-6H2,1H3;1-7H;2*1H;/q;;;;+2/p-2. The maximum absolute atomic E-state index is 2.59. The van der Waals surface area contributed by atoms with Crippen LogP contribution in [0.15, 0.2) is 53.1 Å². The van der Waals surface area contributed by atoms with Gasteiger partial charge in [-0.3, -0.25) is 0 Å². The van der Waals surface area contributed by atoms with Gasteiger partial charge < -0.3 is 9.41 Å². The number of hydrogen-bond acceptors (Lipinski definition) is 0. The monoisotopic (exact) mass is 480 g/mol. The zero-order chi connectivity index (χ0) is 14.2. The second kappa shape index (κ2) is 7.83. The number of fused-ring (bicyclic) bond motifs is 1. The van der Waals surface area contributed by atoms with E-state index < -0.39 is 22.9 Å². The molecule has 0 fully saturated rings. The Bertz CT molecular complexity index is 657. The van der Waals surface area contributed by atoms with Crippen LogP contribution in [-0.4, -0.2) is 0 Å². The summed E-state index contributed by atoms with van der Waals surface area (Å²) in [7, 11) is 0. The molecule has 0 heterocycles. The maximum Gasteiger partial charge on any atom is -1.00 e. The molecule has 0 N–H and O–H groups in total. The Hall–Kier alpha value is -0.830. The average molecular weight is 479 g/mol. The summed E-state index contributed by atoms with van der Waals surface area (Å²) in [4.78, 5) is 0. The second-order valence-electron chi connectivity index (χ2n) is 6.40. The summed E-state index contributed by atoms with van der Waals surface area (Å²) in [6, 6.07) is 9.05. The van der Waals surface area contributed by atoms with E-state index in [2.05, 4.69) is 49.4 Å². The van der Waals surface area contributed by atoms with Crippen molar-refractivity contribution in [3.8, 4) is 0 Å². The minimum absolute atomic E-state index is 0. The predicted octanol–water partition coefficient (Wildman–Crippen LogP) is -0.146. The molecule has 3 aliphatic carbocycles. The van der Waals surface area contributed by atoms with Crippen molar-refractivity contribution in [1.29, 1.82) is 0 Å². The molecular formula is C20H22F2Hf. The van der Waals surface area contributed by atoms with Gasteiger partial charge in [-0.25, -0.2) is 0 Å². The minimum Gasteiger partial charge on any atom is -1.00 e. The minimum atomic E-state index is -0.768. The molecular weight excluding hydrogens is 457 g/mol. The van der Waals surface area contributed by atoms with Gasteiger partial charge >= 0.3 is 140 Å². The van der Waals surface area contributed by atoms with Gasteiger partial charge in [0.2, 0.25) is 0 Å². The quantitative estimate of drug-likeness (QED) is 0.531. The molecule has 1 aromatic rings.